The van der Waals surface area contributed by atoms with Gasteiger partial charge >= 0.3 is 0 Å². The summed E-state index contributed by atoms with van der Waals surface area (Å²) in [5.74, 6) is 0.418. The first-order valence-corrected chi connectivity index (χ1v) is 6.97. The molecule has 0 bridgehead atoms. The van der Waals surface area contributed by atoms with Gasteiger partial charge in [-0.3, -0.25) is 4.79 Å². The minimum Gasteiger partial charge on any atom is -0.460 e. The van der Waals surface area contributed by atoms with Gasteiger partial charge in [0.25, 0.3) is 0 Å². The van der Waals surface area contributed by atoms with Gasteiger partial charge in [0.05, 0.1) is 5.56 Å². The summed E-state index contributed by atoms with van der Waals surface area (Å²) in [6.45, 7) is 1.96. The average molecular weight is 282 g/mol. The molecule has 0 aliphatic heterocycles. The van der Waals surface area contributed by atoms with Crippen molar-refractivity contribution in [2.45, 2.75) is 19.8 Å². The molecule has 2 aromatic carbocycles. The zero-order valence-corrected chi connectivity index (χ0v) is 11.7. The Labute approximate surface area is 122 Å². The SMILES string of the molecule is CCc1oc2ccccc2c1C(=O)Cc1ccc(F)cc1. The van der Waals surface area contributed by atoms with Crippen molar-refractivity contribution in [3.8, 4) is 0 Å². The van der Waals surface area contributed by atoms with E-state index in [4.69, 9.17) is 4.42 Å². The van der Waals surface area contributed by atoms with Gasteiger partial charge in [0.15, 0.2) is 5.78 Å². The number of aryl methyl sites for hydroxylation is 1. The summed E-state index contributed by atoms with van der Waals surface area (Å²) in [6.07, 6.45) is 0.913. The lowest BCUT2D eigenvalue weighted by Gasteiger charge is -2.02. The molecule has 2 nitrogen and oxygen atoms in total. The van der Waals surface area contributed by atoms with E-state index in [0.29, 0.717) is 17.7 Å². The molecule has 0 fully saturated rings. The van der Waals surface area contributed by atoms with Crippen LogP contribution in [0.4, 0.5) is 4.39 Å². The molecule has 1 heterocycles. The summed E-state index contributed by atoms with van der Waals surface area (Å²) in [5.41, 5.74) is 2.18. The number of para-hydroxylation sites is 1. The van der Waals surface area contributed by atoms with Gasteiger partial charge in [-0.05, 0) is 23.8 Å². The van der Waals surface area contributed by atoms with Crippen LogP contribution in [0.1, 0.15) is 28.6 Å². The van der Waals surface area contributed by atoms with E-state index in [1.807, 2.05) is 31.2 Å². The number of hydrogen-bond acceptors (Lipinski definition) is 2. The van der Waals surface area contributed by atoms with Crippen molar-refractivity contribution in [3.05, 3.63) is 71.2 Å². The molecule has 3 heteroatoms. The summed E-state index contributed by atoms with van der Waals surface area (Å²) < 4.78 is 18.7. The molecule has 106 valence electrons. The monoisotopic (exact) mass is 282 g/mol. The van der Waals surface area contributed by atoms with Crippen LogP contribution in [0.5, 0.6) is 0 Å². The van der Waals surface area contributed by atoms with Crippen LogP contribution >= 0.6 is 0 Å². The standard InChI is InChI=1S/C18H15FO2/c1-2-16-18(14-5-3-4-6-17(14)21-16)15(20)11-12-7-9-13(19)10-8-12/h3-10H,2,11H2,1H3. The predicted molar refractivity (Wildman–Crippen MR) is 80.0 cm³/mol. The van der Waals surface area contributed by atoms with Gasteiger partial charge < -0.3 is 4.42 Å². The molecule has 0 amide bonds. The molecule has 0 unspecified atom stereocenters. The van der Waals surface area contributed by atoms with Crippen molar-refractivity contribution < 1.29 is 13.6 Å². The number of fused-ring (bicyclic) bond motifs is 1. The lowest BCUT2D eigenvalue weighted by Crippen LogP contribution is -2.05. The van der Waals surface area contributed by atoms with Gasteiger partial charge in [-0.25, -0.2) is 4.39 Å². The third-order valence-corrected chi connectivity index (χ3v) is 3.55. The molecule has 3 rings (SSSR count). The smallest absolute Gasteiger partial charge is 0.171 e. The fourth-order valence-electron chi connectivity index (χ4n) is 2.53. The Morgan fingerprint density at radius 3 is 2.52 bits per heavy atom. The molecule has 0 spiro atoms. The molecule has 0 N–H and O–H groups in total. The summed E-state index contributed by atoms with van der Waals surface area (Å²) in [5, 5.41) is 0.849. The van der Waals surface area contributed by atoms with Gasteiger partial charge in [0.2, 0.25) is 0 Å². The van der Waals surface area contributed by atoms with Crippen molar-refractivity contribution in [2.24, 2.45) is 0 Å². The van der Waals surface area contributed by atoms with Gasteiger partial charge in [0, 0.05) is 18.2 Å². The molecular formula is C18H15FO2. The number of Topliss-reactive ketones (excluding diaryl/α,β-unsaturated/α-hetero) is 1. The third kappa shape index (κ3) is 2.59. The Kier molecular flexibility index (Phi) is 3.57. The number of hydrogen-bond donors (Lipinski definition) is 0. The highest BCUT2D eigenvalue weighted by atomic mass is 19.1. The maximum atomic E-state index is 12.9. The maximum absolute atomic E-state index is 12.9. The number of halogens is 1. The molecule has 0 aliphatic carbocycles. The van der Waals surface area contributed by atoms with Crippen molar-refractivity contribution in [1.82, 2.24) is 0 Å². The fraction of sp³-hybridized carbons (Fsp3) is 0.167. The third-order valence-electron chi connectivity index (χ3n) is 3.55. The lowest BCUT2D eigenvalue weighted by molar-refractivity contribution is 0.0992. The first kappa shape index (κ1) is 13.6. The highest BCUT2D eigenvalue weighted by Crippen LogP contribution is 2.27. The topological polar surface area (TPSA) is 30.2 Å². The van der Waals surface area contributed by atoms with Gasteiger partial charge in [-0.2, -0.15) is 0 Å². The Hall–Kier alpha value is -2.42. The molecule has 0 radical (unpaired) electrons. The summed E-state index contributed by atoms with van der Waals surface area (Å²) in [7, 11) is 0. The molecule has 0 saturated heterocycles. The zero-order valence-electron chi connectivity index (χ0n) is 11.7. The van der Waals surface area contributed by atoms with Crippen LogP contribution in [0, 0.1) is 5.82 Å². The van der Waals surface area contributed by atoms with Crippen LogP contribution in [0.25, 0.3) is 11.0 Å². The zero-order chi connectivity index (χ0) is 14.8. The molecule has 0 saturated carbocycles. The van der Waals surface area contributed by atoms with Crippen LogP contribution in [0.2, 0.25) is 0 Å². The molecule has 0 aliphatic rings. The maximum Gasteiger partial charge on any atom is 0.171 e. The second kappa shape index (κ2) is 5.52. The quantitative estimate of drug-likeness (QED) is 0.657. The number of carbonyl (C=O) groups is 1. The Balaban J connectivity index is 1.99. The first-order valence-electron chi connectivity index (χ1n) is 6.97. The van der Waals surface area contributed by atoms with E-state index in [1.54, 1.807) is 12.1 Å². The van der Waals surface area contributed by atoms with E-state index in [1.165, 1.54) is 12.1 Å². The minimum atomic E-state index is -0.297. The number of ketones is 1. The van der Waals surface area contributed by atoms with Crippen LogP contribution < -0.4 is 0 Å². The normalized spacial score (nSPS) is 11.0. The van der Waals surface area contributed by atoms with E-state index in [0.717, 1.165) is 16.5 Å². The fourth-order valence-corrected chi connectivity index (χ4v) is 2.53. The summed E-state index contributed by atoms with van der Waals surface area (Å²) >= 11 is 0. The van der Waals surface area contributed by atoms with E-state index in [2.05, 4.69) is 0 Å². The van der Waals surface area contributed by atoms with Crippen molar-refractivity contribution in [2.75, 3.05) is 0 Å². The number of furan rings is 1. The lowest BCUT2D eigenvalue weighted by atomic mass is 9.99. The minimum absolute atomic E-state index is 0.00316. The second-order valence-electron chi connectivity index (χ2n) is 4.98. The van der Waals surface area contributed by atoms with Crippen LogP contribution in [0.15, 0.2) is 52.9 Å². The Morgan fingerprint density at radius 1 is 1.10 bits per heavy atom. The highest BCUT2D eigenvalue weighted by Gasteiger charge is 2.19. The van der Waals surface area contributed by atoms with Gasteiger partial charge in [-0.15, -0.1) is 0 Å². The van der Waals surface area contributed by atoms with Crippen LogP contribution in [-0.4, -0.2) is 5.78 Å². The van der Waals surface area contributed by atoms with E-state index in [-0.39, 0.29) is 18.0 Å². The predicted octanol–water partition coefficient (Wildman–Crippen LogP) is 4.56. The van der Waals surface area contributed by atoms with Gasteiger partial charge in [-0.1, -0.05) is 37.3 Å². The molecule has 1 aromatic heterocycles. The number of rotatable bonds is 4. The van der Waals surface area contributed by atoms with Crippen LogP contribution in [-0.2, 0) is 12.8 Å². The van der Waals surface area contributed by atoms with E-state index in [9.17, 15) is 9.18 Å². The first-order chi connectivity index (χ1) is 10.2. The Morgan fingerprint density at radius 2 is 1.81 bits per heavy atom. The molecule has 3 aromatic rings. The number of carbonyl (C=O) groups excluding carboxylic acids is 1. The van der Waals surface area contributed by atoms with Crippen molar-refractivity contribution >= 4 is 16.8 Å². The molecule has 21 heavy (non-hydrogen) atoms. The Bertz CT molecular complexity index is 785. The second-order valence-corrected chi connectivity index (χ2v) is 4.98. The van der Waals surface area contributed by atoms with E-state index < -0.39 is 0 Å². The average Bonchev–Trinajstić information content (AvgIpc) is 2.88. The number of benzene rings is 2. The van der Waals surface area contributed by atoms with Crippen molar-refractivity contribution in [3.63, 3.8) is 0 Å². The molecular weight excluding hydrogens is 267 g/mol. The van der Waals surface area contributed by atoms with E-state index >= 15 is 0 Å². The van der Waals surface area contributed by atoms with Crippen LogP contribution in [0.3, 0.4) is 0 Å². The van der Waals surface area contributed by atoms with Crippen molar-refractivity contribution in [1.29, 1.82) is 0 Å². The largest absolute Gasteiger partial charge is 0.460 e. The molecule has 0 atom stereocenters. The highest BCUT2D eigenvalue weighted by molar-refractivity contribution is 6.09. The summed E-state index contributed by atoms with van der Waals surface area (Å²) in [4.78, 5) is 12.6. The van der Waals surface area contributed by atoms with Gasteiger partial charge in [0.1, 0.15) is 17.2 Å². The summed E-state index contributed by atoms with van der Waals surface area (Å²) in [6, 6.07) is 13.6.